The van der Waals surface area contributed by atoms with E-state index in [4.69, 9.17) is 9.97 Å². The molecule has 5 rings (SSSR count). The standard InChI is InChI=1S/C19H17BrN4S2/c1-12-3-2-4-15-17(12)22-19(25-15)24-9-7-23(8-10-24)18-21-14-6-5-13(20)11-16(14)26-18/h2-6,11H,7-10H2,1H3. The van der Waals surface area contributed by atoms with Crippen LogP contribution < -0.4 is 9.80 Å². The summed E-state index contributed by atoms with van der Waals surface area (Å²) in [5, 5.41) is 2.26. The average molecular weight is 445 g/mol. The molecule has 0 saturated carbocycles. The second-order valence-electron chi connectivity index (χ2n) is 6.50. The first-order valence-electron chi connectivity index (χ1n) is 8.59. The minimum atomic E-state index is 0.982. The Hall–Kier alpha value is -1.70. The van der Waals surface area contributed by atoms with Crippen LogP contribution in [-0.2, 0) is 0 Å². The van der Waals surface area contributed by atoms with Gasteiger partial charge in [0.2, 0.25) is 0 Å². The topological polar surface area (TPSA) is 32.3 Å². The number of hydrogen-bond acceptors (Lipinski definition) is 6. The molecular formula is C19H17BrN4S2. The maximum atomic E-state index is 4.89. The van der Waals surface area contributed by atoms with Gasteiger partial charge < -0.3 is 9.80 Å². The number of piperazine rings is 1. The van der Waals surface area contributed by atoms with Gasteiger partial charge in [0.05, 0.1) is 20.4 Å². The first-order chi connectivity index (χ1) is 12.7. The number of hydrogen-bond donors (Lipinski definition) is 0. The minimum Gasteiger partial charge on any atom is -0.345 e. The van der Waals surface area contributed by atoms with E-state index in [1.807, 2.05) is 0 Å². The van der Waals surface area contributed by atoms with Crippen molar-refractivity contribution in [3.63, 3.8) is 0 Å². The Balaban J connectivity index is 1.35. The fourth-order valence-electron chi connectivity index (χ4n) is 3.32. The van der Waals surface area contributed by atoms with Crippen LogP contribution in [0.5, 0.6) is 0 Å². The van der Waals surface area contributed by atoms with E-state index in [1.165, 1.54) is 15.0 Å². The van der Waals surface area contributed by atoms with E-state index in [1.54, 1.807) is 22.7 Å². The van der Waals surface area contributed by atoms with E-state index >= 15 is 0 Å². The van der Waals surface area contributed by atoms with Gasteiger partial charge in [-0.3, -0.25) is 0 Å². The van der Waals surface area contributed by atoms with E-state index < -0.39 is 0 Å². The van der Waals surface area contributed by atoms with E-state index in [9.17, 15) is 0 Å². The third kappa shape index (κ3) is 2.88. The number of para-hydroxylation sites is 1. The zero-order chi connectivity index (χ0) is 17.7. The highest BCUT2D eigenvalue weighted by Gasteiger charge is 2.22. The van der Waals surface area contributed by atoms with Crippen molar-refractivity contribution in [2.45, 2.75) is 6.92 Å². The van der Waals surface area contributed by atoms with E-state index in [0.717, 1.165) is 51.9 Å². The molecule has 132 valence electrons. The second-order valence-corrected chi connectivity index (χ2v) is 9.43. The highest BCUT2D eigenvalue weighted by molar-refractivity contribution is 9.10. The van der Waals surface area contributed by atoms with Crippen molar-refractivity contribution in [2.24, 2.45) is 0 Å². The van der Waals surface area contributed by atoms with E-state index in [0.29, 0.717) is 0 Å². The summed E-state index contributed by atoms with van der Waals surface area (Å²) in [6.45, 7) is 6.07. The van der Waals surface area contributed by atoms with Gasteiger partial charge in [0.1, 0.15) is 0 Å². The number of fused-ring (bicyclic) bond motifs is 2. The average Bonchev–Trinajstić information content (AvgIpc) is 3.26. The summed E-state index contributed by atoms with van der Waals surface area (Å²) in [6, 6.07) is 12.7. The summed E-state index contributed by atoms with van der Waals surface area (Å²) < 4.78 is 3.62. The zero-order valence-corrected chi connectivity index (χ0v) is 17.5. The molecule has 0 amide bonds. The van der Waals surface area contributed by atoms with Crippen LogP contribution in [0.15, 0.2) is 40.9 Å². The molecule has 4 nitrogen and oxygen atoms in total. The molecule has 2 aromatic carbocycles. The highest BCUT2D eigenvalue weighted by atomic mass is 79.9. The summed E-state index contributed by atoms with van der Waals surface area (Å²) in [6.07, 6.45) is 0. The lowest BCUT2D eigenvalue weighted by Gasteiger charge is -2.34. The quantitative estimate of drug-likeness (QED) is 0.419. The molecule has 0 atom stereocenters. The maximum Gasteiger partial charge on any atom is 0.186 e. The highest BCUT2D eigenvalue weighted by Crippen LogP contribution is 2.34. The summed E-state index contributed by atoms with van der Waals surface area (Å²) in [4.78, 5) is 14.5. The van der Waals surface area contributed by atoms with E-state index in [2.05, 4.69) is 69.1 Å². The number of aryl methyl sites for hydroxylation is 1. The Bertz CT molecular complexity index is 1100. The Morgan fingerprint density at radius 3 is 2.31 bits per heavy atom. The van der Waals surface area contributed by atoms with Gasteiger partial charge in [-0.25, -0.2) is 9.97 Å². The van der Waals surface area contributed by atoms with E-state index in [-0.39, 0.29) is 0 Å². The molecule has 0 N–H and O–H groups in total. The van der Waals surface area contributed by atoms with Crippen LogP contribution in [0, 0.1) is 6.92 Å². The van der Waals surface area contributed by atoms with Crippen LogP contribution in [-0.4, -0.2) is 36.1 Å². The van der Waals surface area contributed by atoms with Crippen LogP contribution in [0.4, 0.5) is 10.3 Å². The number of thiazole rings is 2. The van der Waals surface area contributed by atoms with Crippen molar-refractivity contribution in [2.75, 3.05) is 36.0 Å². The number of aromatic nitrogens is 2. The third-order valence-corrected chi connectivity index (χ3v) is 7.42. The molecule has 0 spiro atoms. The molecule has 1 aliphatic rings. The largest absolute Gasteiger partial charge is 0.345 e. The summed E-state index contributed by atoms with van der Waals surface area (Å²) in [5.74, 6) is 0. The Labute approximate surface area is 168 Å². The molecule has 0 bridgehead atoms. The lowest BCUT2D eigenvalue weighted by Crippen LogP contribution is -2.46. The van der Waals surface area contributed by atoms with Crippen LogP contribution in [0.3, 0.4) is 0 Å². The maximum absolute atomic E-state index is 4.89. The normalized spacial score (nSPS) is 15.3. The number of halogens is 1. The van der Waals surface area contributed by atoms with Gasteiger partial charge >= 0.3 is 0 Å². The van der Waals surface area contributed by atoms with Gasteiger partial charge in [0, 0.05) is 30.7 Å². The second kappa shape index (κ2) is 6.48. The van der Waals surface area contributed by atoms with Gasteiger partial charge in [-0.15, -0.1) is 0 Å². The molecule has 3 heterocycles. The lowest BCUT2D eigenvalue weighted by atomic mass is 10.2. The number of rotatable bonds is 2. The van der Waals surface area contributed by atoms with Crippen molar-refractivity contribution in [3.05, 3.63) is 46.4 Å². The SMILES string of the molecule is Cc1cccc2sc(N3CCN(c4nc5ccc(Br)cc5s4)CC3)nc12. The molecule has 1 aliphatic heterocycles. The van der Waals surface area contributed by atoms with Gasteiger partial charge in [-0.1, -0.05) is 50.7 Å². The molecule has 1 saturated heterocycles. The number of anilines is 2. The van der Waals surface area contributed by atoms with Crippen molar-refractivity contribution in [1.82, 2.24) is 9.97 Å². The first-order valence-corrected chi connectivity index (χ1v) is 11.0. The first kappa shape index (κ1) is 16.5. The predicted octanol–water partition coefficient (Wildman–Crippen LogP) is 5.30. The van der Waals surface area contributed by atoms with Crippen LogP contribution in [0.2, 0.25) is 0 Å². The smallest absolute Gasteiger partial charge is 0.186 e. The predicted molar refractivity (Wildman–Crippen MR) is 116 cm³/mol. The summed E-state index contributed by atoms with van der Waals surface area (Å²) in [5.41, 5.74) is 3.48. The lowest BCUT2D eigenvalue weighted by molar-refractivity contribution is 0.651. The minimum absolute atomic E-state index is 0.982. The van der Waals surface area contributed by atoms with Gasteiger partial charge in [0.25, 0.3) is 0 Å². The van der Waals surface area contributed by atoms with Crippen LogP contribution in [0.25, 0.3) is 20.4 Å². The Morgan fingerprint density at radius 2 is 1.58 bits per heavy atom. The Kier molecular flexibility index (Phi) is 4.10. The molecule has 0 aliphatic carbocycles. The number of benzene rings is 2. The molecule has 4 aromatic rings. The monoisotopic (exact) mass is 444 g/mol. The van der Waals surface area contributed by atoms with Crippen molar-refractivity contribution in [1.29, 1.82) is 0 Å². The molecular weight excluding hydrogens is 428 g/mol. The number of nitrogens with zero attached hydrogens (tertiary/aromatic N) is 4. The summed E-state index contributed by atoms with van der Waals surface area (Å²) >= 11 is 7.12. The van der Waals surface area contributed by atoms with Gasteiger partial charge in [0.15, 0.2) is 10.3 Å². The Morgan fingerprint density at radius 1 is 0.885 bits per heavy atom. The molecule has 1 fully saturated rings. The van der Waals surface area contributed by atoms with Crippen LogP contribution >= 0.6 is 38.6 Å². The fourth-order valence-corrected chi connectivity index (χ4v) is 5.98. The zero-order valence-electron chi connectivity index (χ0n) is 14.3. The summed E-state index contributed by atoms with van der Waals surface area (Å²) in [7, 11) is 0. The molecule has 0 unspecified atom stereocenters. The van der Waals surface area contributed by atoms with Crippen molar-refractivity contribution < 1.29 is 0 Å². The fraction of sp³-hybridized carbons (Fsp3) is 0.263. The van der Waals surface area contributed by atoms with Crippen LogP contribution in [0.1, 0.15) is 5.56 Å². The molecule has 7 heteroatoms. The molecule has 2 aromatic heterocycles. The molecule has 26 heavy (non-hydrogen) atoms. The third-order valence-electron chi connectivity index (χ3n) is 4.77. The van der Waals surface area contributed by atoms with Crippen molar-refractivity contribution in [3.8, 4) is 0 Å². The van der Waals surface area contributed by atoms with Gasteiger partial charge in [-0.2, -0.15) is 0 Å². The molecule has 0 radical (unpaired) electrons. The van der Waals surface area contributed by atoms with Gasteiger partial charge in [-0.05, 0) is 36.8 Å². The van der Waals surface area contributed by atoms with Crippen molar-refractivity contribution >= 4 is 69.3 Å².